The van der Waals surface area contributed by atoms with E-state index in [4.69, 9.17) is 11.1 Å². The van der Waals surface area contributed by atoms with Crippen molar-refractivity contribution < 1.29 is 4.79 Å². The molecule has 0 unspecified atom stereocenters. The van der Waals surface area contributed by atoms with Crippen molar-refractivity contribution in [3.05, 3.63) is 0 Å². The van der Waals surface area contributed by atoms with Crippen LogP contribution in [0, 0.1) is 11.3 Å². The minimum Gasteiger partial charge on any atom is -0.370 e. The first-order valence-corrected chi connectivity index (χ1v) is 5.28. The molecule has 0 rings (SSSR count). The maximum Gasteiger partial charge on any atom is 0.185 e. The second-order valence-corrected chi connectivity index (χ2v) is 3.88. The fraction of sp³-hybridized carbons (Fsp3) is 0.800. The van der Waals surface area contributed by atoms with E-state index in [1.807, 2.05) is 13.8 Å². The molecule has 5 N–H and O–H groups in total. The van der Waals surface area contributed by atoms with Crippen LogP contribution in [0.4, 0.5) is 0 Å². The fourth-order valence-electron chi connectivity index (χ4n) is 1.36. The largest absolute Gasteiger partial charge is 0.370 e. The van der Waals surface area contributed by atoms with E-state index >= 15 is 0 Å². The smallest absolute Gasteiger partial charge is 0.185 e. The standard InChI is InChI=1S/C10H22N4O/c1-7(2)9(15)8(13-3)5-4-6-14-10(11)12/h7-8,13H,4-6H2,1-3H3,(H4,11,12,14)/t8-/m1/s1. The van der Waals surface area contributed by atoms with Gasteiger partial charge in [0.05, 0.1) is 6.04 Å². The molecule has 0 aromatic heterocycles. The molecule has 0 aliphatic carbocycles. The zero-order valence-electron chi connectivity index (χ0n) is 9.76. The lowest BCUT2D eigenvalue weighted by Gasteiger charge is -2.17. The fourth-order valence-corrected chi connectivity index (χ4v) is 1.36. The van der Waals surface area contributed by atoms with E-state index < -0.39 is 0 Å². The second-order valence-electron chi connectivity index (χ2n) is 3.88. The number of ketones is 1. The highest BCUT2D eigenvalue weighted by Crippen LogP contribution is 2.05. The van der Waals surface area contributed by atoms with Crippen molar-refractivity contribution in [1.29, 1.82) is 5.41 Å². The molecule has 88 valence electrons. The highest BCUT2D eigenvalue weighted by atomic mass is 16.1. The lowest BCUT2D eigenvalue weighted by atomic mass is 9.98. The predicted octanol–water partition coefficient (Wildman–Crippen LogP) is 0.0628. The summed E-state index contributed by atoms with van der Waals surface area (Å²) < 4.78 is 0. The Morgan fingerprint density at radius 2 is 2.07 bits per heavy atom. The Bertz CT molecular complexity index is 215. The summed E-state index contributed by atoms with van der Waals surface area (Å²) in [7, 11) is 1.79. The predicted molar refractivity (Wildman–Crippen MR) is 61.8 cm³/mol. The maximum atomic E-state index is 11.7. The first kappa shape index (κ1) is 13.9. The number of nitrogens with one attached hydrogen (secondary N) is 3. The van der Waals surface area contributed by atoms with Gasteiger partial charge in [-0.1, -0.05) is 13.8 Å². The van der Waals surface area contributed by atoms with Crippen LogP contribution in [0.25, 0.3) is 0 Å². The minimum absolute atomic E-state index is 0.0220. The molecule has 0 bridgehead atoms. The third-order valence-electron chi connectivity index (χ3n) is 2.25. The van der Waals surface area contributed by atoms with Crippen molar-refractivity contribution in [2.75, 3.05) is 13.6 Å². The van der Waals surface area contributed by atoms with Crippen LogP contribution in [0.15, 0.2) is 0 Å². The molecule has 0 saturated heterocycles. The summed E-state index contributed by atoms with van der Waals surface area (Å²) in [4.78, 5) is 11.7. The number of carbonyl (C=O) groups excluding carboxylic acids is 1. The summed E-state index contributed by atoms with van der Waals surface area (Å²) in [5.74, 6) is 0.273. The lowest BCUT2D eigenvalue weighted by molar-refractivity contribution is -0.124. The maximum absolute atomic E-state index is 11.7. The number of likely N-dealkylation sites (N-methyl/N-ethyl adjacent to an activating group) is 1. The Morgan fingerprint density at radius 3 is 2.47 bits per heavy atom. The SMILES string of the molecule is CN[C@H](CCCNC(=N)N)C(=O)C(C)C. The Labute approximate surface area is 91.3 Å². The van der Waals surface area contributed by atoms with Gasteiger partial charge in [-0.3, -0.25) is 10.2 Å². The molecule has 0 fully saturated rings. The first-order valence-electron chi connectivity index (χ1n) is 5.28. The Morgan fingerprint density at radius 1 is 1.47 bits per heavy atom. The van der Waals surface area contributed by atoms with E-state index in [0.29, 0.717) is 6.54 Å². The zero-order chi connectivity index (χ0) is 11.8. The molecule has 0 amide bonds. The van der Waals surface area contributed by atoms with Crippen LogP contribution in [0.1, 0.15) is 26.7 Å². The van der Waals surface area contributed by atoms with Gasteiger partial charge in [-0.05, 0) is 19.9 Å². The average Bonchev–Trinajstić information content (AvgIpc) is 2.16. The van der Waals surface area contributed by atoms with Gasteiger partial charge in [-0.2, -0.15) is 0 Å². The molecule has 1 atom stereocenters. The highest BCUT2D eigenvalue weighted by Gasteiger charge is 2.18. The number of rotatable bonds is 7. The van der Waals surface area contributed by atoms with Gasteiger partial charge in [0.15, 0.2) is 11.7 Å². The van der Waals surface area contributed by atoms with E-state index in [-0.39, 0.29) is 23.7 Å². The average molecular weight is 214 g/mol. The Balaban J connectivity index is 3.80. The van der Waals surface area contributed by atoms with Gasteiger partial charge in [0.25, 0.3) is 0 Å². The molecule has 0 heterocycles. The summed E-state index contributed by atoms with van der Waals surface area (Å²) in [5, 5.41) is 12.7. The van der Waals surface area contributed by atoms with Crippen LogP contribution >= 0.6 is 0 Å². The van der Waals surface area contributed by atoms with Gasteiger partial charge in [-0.25, -0.2) is 0 Å². The van der Waals surface area contributed by atoms with Crippen molar-refractivity contribution in [2.45, 2.75) is 32.7 Å². The molecule has 0 aromatic carbocycles. The van der Waals surface area contributed by atoms with Crippen LogP contribution < -0.4 is 16.4 Å². The number of hydrogen-bond acceptors (Lipinski definition) is 3. The van der Waals surface area contributed by atoms with Crippen LogP contribution in [-0.2, 0) is 4.79 Å². The molecule has 0 aliphatic heterocycles. The molecular weight excluding hydrogens is 192 g/mol. The first-order chi connectivity index (χ1) is 6.99. The van der Waals surface area contributed by atoms with E-state index in [1.165, 1.54) is 0 Å². The third kappa shape index (κ3) is 6.06. The highest BCUT2D eigenvalue weighted by molar-refractivity contribution is 5.85. The summed E-state index contributed by atoms with van der Waals surface area (Å²) in [6, 6.07) is -0.0845. The van der Waals surface area contributed by atoms with Crippen LogP contribution in [-0.4, -0.2) is 31.4 Å². The minimum atomic E-state index is -0.0845. The molecule has 0 radical (unpaired) electrons. The van der Waals surface area contributed by atoms with E-state index in [0.717, 1.165) is 12.8 Å². The quantitative estimate of drug-likeness (QED) is 0.274. The number of nitrogens with two attached hydrogens (primary N) is 1. The van der Waals surface area contributed by atoms with E-state index in [1.54, 1.807) is 7.05 Å². The Hall–Kier alpha value is -1.10. The molecular formula is C10H22N4O. The number of guanidine groups is 1. The van der Waals surface area contributed by atoms with Gasteiger partial charge >= 0.3 is 0 Å². The van der Waals surface area contributed by atoms with Crippen molar-refractivity contribution >= 4 is 11.7 Å². The van der Waals surface area contributed by atoms with E-state index in [9.17, 15) is 4.79 Å². The monoisotopic (exact) mass is 214 g/mol. The Kier molecular flexibility index (Phi) is 6.70. The third-order valence-corrected chi connectivity index (χ3v) is 2.25. The summed E-state index contributed by atoms with van der Waals surface area (Å²) >= 11 is 0. The summed E-state index contributed by atoms with van der Waals surface area (Å²) in [6.45, 7) is 4.44. The molecule has 5 nitrogen and oxygen atoms in total. The van der Waals surface area contributed by atoms with Gasteiger partial charge in [0, 0.05) is 12.5 Å². The second kappa shape index (κ2) is 7.23. The number of Topliss-reactive ketones (excluding diaryl/α,β-unsaturated/α-hetero) is 1. The molecule has 0 aromatic rings. The molecule has 0 saturated carbocycles. The van der Waals surface area contributed by atoms with Gasteiger partial charge in [-0.15, -0.1) is 0 Å². The molecule has 5 heteroatoms. The van der Waals surface area contributed by atoms with Gasteiger partial charge in [0.1, 0.15) is 0 Å². The summed E-state index contributed by atoms with van der Waals surface area (Å²) in [6.07, 6.45) is 1.59. The van der Waals surface area contributed by atoms with Gasteiger partial charge in [0.2, 0.25) is 0 Å². The van der Waals surface area contributed by atoms with Crippen molar-refractivity contribution in [3.8, 4) is 0 Å². The van der Waals surface area contributed by atoms with Crippen molar-refractivity contribution in [2.24, 2.45) is 11.7 Å². The van der Waals surface area contributed by atoms with Crippen molar-refractivity contribution in [1.82, 2.24) is 10.6 Å². The topological polar surface area (TPSA) is 91.0 Å². The lowest BCUT2D eigenvalue weighted by Crippen LogP contribution is -2.38. The van der Waals surface area contributed by atoms with Gasteiger partial charge < -0.3 is 16.4 Å². The zero-order valence-corrected chi connectivity index (χ0v) is 9.76. The molecule has 15 heavy (non-hydrogen) atoms. The number of carbonyl (C=O) groups is 1. The van der Waals surface area contributed by atoms with Crippen molar-refractivity contribution in [3.63, 3.8) is 0 Å². The number of hydrogen-bond donors (Lipinski definition) is 4. The van der Waals surface area contributed by atoms with Crippen LogP contribution in [0.3, 0.4) is 0 Å². The van der Waals surface area contributed by atoms with E-state index in [2.05, 4.69) is 10.6 Å². The molecule has 0 spiro atoms. The van der Waals surface area contributed by atoms with Crippen LogP contribution in [0.2, 0.25) is 0 Å². The summed E-state index contributed by atoms with van der Waals surface area (Å²) in [5.41, 5.74) is 5.14. The molecule has 0 aliphatic rings. The van der Waals surface area contributed by atoms with Crippen LogP contribution in [0.5, 0.6) is 0 Å². The normalized spacial score (nSPS) is 12.5.